The Balaban J connectivity index is 2.55. The topological polar surface area (TPSA) is 15.5 Å². The molecule has 0 radical (unpaired) electrons. The summed E-state index contributed by atoms with van der Waals surface area (Å²) < 4.78 is 0. The smallest absolute Gasteiger partial charge is 0.162 e. The number of hydrogen-bond donors (Lipinski definition) is 0. The van der Waals surface area contributed by atoms with Crippen molar-refractivity contribution < 1.29 is 4.84 Å². The van der Waals surface area contributed by atoms with Crippen LogP contribution in [0.5, 0.6) is 0 Å². The van der Waals surface area contributed by atoms with Gasteiger partial charge >= 0.3 is 0 Å². The van der Waals surface area contributed by atoms with E-state index in [-0.39, 0.29) is 11.3 Å². The summed E-state index contributed by atoms with van der Waals surface area (Å²) in [6.45, 7) is 10.9. The standard InChI is InChI=1S/C9H19NO/c1-6-8(3,4)10-9(5,7-2)11-10/h6-7H2,1-5H3. The normalized spacial score (nSPS) is 37.4. The minimum atomic E-state index is 0.0273. The molecule has 1 aliphatic rings. The summed E-state index contributed by atoms with van der Waals surface area (Å²) in [4.78, 5) is 5.54. The molecule has 1 aliphatic heterocycles. The Labute approximate surface area is 69.5 Å². The fraction of sp³-hybridized carbons (Fsp3) is 1.00. The molecule has 2 unspecified atom stereocenters. The third-order valence-corrected chi connectivity index (χ3v) is 2.76. The Bertz CT molecular complexity index is 156. The van der Waals surface area contributed by atoms with Gasteiger partial charge in [-0.3, -0.25) is 4.84 Å². The van der Waals surface area contributed by atoms with Gasteiger partial charge in [0.1, 0.15) is 0 Å². The van der Waals surface area contributed by atoms with Gasteiger partial charge in [0, 0.05) is 5.54 Å². The van der Waals surface area contributed by atoms with Gasteiger partial charge in [0.15, 0.2) is 5.72 Å². The molecule has 0 N–H and O–H groups in total. The van der Waals surface area contributed by atoms with E-state index < -0.39 is 0 Å². The van der Waals surface area contributed by atoms with E-state index in [0.29, 0.717) is 0 Å². The predicted molar refractivity (Wildman–Crippen MR) is 46.0 cm³/mol. The van der Waals surface area contributed by atoms with Crippen LogP contribution in [0.3, 0.4) is 0 Å². The van der Waals surface area contributed by atoms with Crippen molar-refractivity contribution in [2.24, 2.45) is 0 Å². The van der Waals surface area contributed by atoms with Crippen LogP contribution in [0, 0.1) is 0 Å². The van der Waals surface area contributed by atoms with Gasteiger partial charge in [-0.25, -0.2) is 0 Å². The zero-order chi connectivity index (χ0) is 8.70. The molecule has 2 nitrogen and oxygen atoms in total. The van der Waals surface area contributed by atoms with E-state index in [9.17, 15) is 0 Å². The van der Waals surface area contributed by atoms with E-state index in [1.165, 1.54) is 0 Å². The summed E-state index contributed by atoms with van der Waals surface area (Å²) in [5, 5.41) is 2.11. The van der Waals surface area contributed by atoms with Crippen LogP contribution in [0.1, 0.15) is 47.5 Å². The SMILES string of the molecule is CCC(C)(C)N1OC1(C)CC. The summed E-state index contributed by atoms with van der Waals surface area (Å²) in [6, 6.07) is 0. The summed E-state index contributed by atoms with van der Waals surface area (Å²) in [7, 11) is 0. The first kappa shape index (κ1) is 9.01. The maximum Gasteiger partial charge on any atom is 0.162 e. The van der Waals surface area contributed by atoms with E-state index in [4.69, 9.17) is 4.84 Å². The molecule has 0 aromatic carbocycles. The largest absolute Gasteiger partial charge is 0.271 e. The van der Waals surface area contributed by atoms with Gasteiger partial charge in [0.2, 0.25) is 0 Å². The molecule has 2 atom stereocenters. The predicted octanol–water partition coefficient (Wildman–Crippen LogP) is 2.55. The second-order valence-corrected chi connectivity index (χ2v) is 4.08. The Morgan fingerprint density at radius 1 is 1.36 bits per heavy atom. The van der Waals surface area contributed by atoms with Gasteiger partial charge in [-0.2, -0.15) is 0 Å². The van der Waals surface area contributed by atoms with Crippen molar-refractivity contribution in [1.82, 2.24) is 5.06 Å². The van der Waals surface area contributed by atoms with Gasteiger partial charge in [-0.15, -0.1) is 5.06 Å². The van der Waals surface area contributed by atoms with E-state index in [0.717, 1.165) is 12.8 Å². The molecular weight excluding hydrogens is 138 g/mol. The molecule has 66 valence electrons. The molecule has 11 heavy (non-hydrogen) atoms. The highest BCUT2D eigenvalue weighted by molar-refractivity contribution is 4.91. The molecular formula is C9H19NO. The van der Waals surface area contributed by atoms with E-state index >= 15 is 0 Å². The first-order chi connectivity index (χ1) is 4.96. The number of hydrogen-bond acceptors (Lipinski definition) is 2. The molecule has 1 saturated heterocycles. The number of hydroxylamine groups is 2. The Hall–Kier alpha value is -0.0800. The lowest BCUT2D eigenvalue weighted by Gasteiger charge is -2.23. The molecule has 0 aromatic heterocycles. The zero-order valence-electron chi connectivity index (χ0n) is 8.27. The van der Waals surface area contributed by atoms with Crippen molar-refractivity contribution in [2.45, 2.75) is 58.7 Å². The molecule has 0 aliphatic carbocycles. The molecule has 1 fully saturated rings. The van der Waals surface area contributed by atoms with Crippen LogP contribution in [0.2, 0.25) is 0 Å². The van der Waals surface area contributed by atoms with Gasteiger partial charge in [-0.05, 0) is 33.6 Å². The van der Waals surface area contributed by atoms with Crippen molar-refractivity contribution in [3.05, 3.63) is 0 Å². The molecule has 1 heterocycles. The van der Waals surface area contributed by atoms with Crippen LogP contribution >= 0.6 is 0 Å². The lowest BCUT2D eigenvalue weighted by Crippen LogP contribution is -2.33. The van der Waals surface area contributed by atoms with Crippen LogP contribution in [-0.2, 0) is 4.84 Å². The summed E-state index contributed by atoms with van der Waals surface area (Å²) in [5.41, 5.74) is 0.226. The highest BCUT2D eigenvalue weighted by Crippen LogP contribution is 2.44. The average molecular weight is 157 g/mol. The minimum Gasteiger partial charge on any atom is -0.271 e. The van der Waals surface area contributed by atoms with Crippen LogP contribution in [0.15, 0.2) is 0 Å². The lowest BCUT2D eigenvalue weighted by molar-refractivity contribution is 0.0845. The Morgan fingerprint density at radius 3 is 2.18 bits per heavy atom. The van der Waals surface area contributed by atoms with Crippen LogP contribution in [0.25, 0.3) is 0 Å². The third kappa shape index (κ3) is 1.42. The average Bonchev–Trinajstić information content (AvgIpc) is 2.65. The molecule has 0 saturated carbocycles. The summed E-state index contributed by atoms with van der Waals surface area (Å²) >= 11 is 0. The molecule has 0 amide bonds. The maximum atomic E-state index is 5.54. The first-order valence-corrected chi connectivity index (χ1v) is 4.46. The van der Waals surface area contributed by atoms with Crippen molar-refractivity contribution in [3.8, 4) is 0 Å². The highest BCUT2D eigenvalue weighted by atomic mass is 16.9. The number of nitrogens with zero attached hydrogens (tertiary/aromatic N) is 1. The lowest BCUT2D eigenvalue weighted by atomic mass is 10.0. The Morgan fingerprint density at radius 2 is 1.91 bits per heavy atom. The van der Waals surface area contributed by atoms with Crippen molar-refractivity contribution in [1.29, 1.82) is 0 Å². The molecule has 2 heteroatoms. The molecule has 1 rings (SSSR count). The zero-order valence-corrected chi connectivity index (χ0v) is 8.27. The minimum absolute atomic E-state index is 0.0273. The summed E-state index contributed by atoms with van der Waals surface area (Å²) in [6.07, 6.45) is 2.19. The second kappa shape index (κ2) is 2.46. The van der Waals surface area contributed by atoms with E-state index in [1.807, 2.05) is 0 Å². The van der Waals surface area contributed by atoms with E-state index in [2.05, 4.69) is 39.7 Å². The first-order valence-electron chi connectivity index (χ1n) is 4.46. The van der Waals surface area contributed by atoms with Crippen LogP contribution in [0.4, 0.5) is 0 Å². The molecule has 0 spiro atoms. The van der Waals surface area contributed by atoms with Gasteiger partial charge < -0.3 is 0 Å². The fourth-order valence-corrected chi connectivity index (χ4v) is 1.29. The monoisotopic (exact) mass is 157 g/mol. The molecule has 0 bridgehead atoms. The third-order valence-electron chi connectivity index (χ3n) is 2.76. The fourth-order valence-electron chi connectivity index (χ4n) is 1.29. The quantitative estimate of drug-likeness (QED) is 0.585. The van der Waals surface area contributed by atoms with Crippen LogP contribution < -0.4 is 0 Å². The Kier molecular flexibility index (Phi) is 2.01. The van der Waals surface area contributed by atoms with Gasteiger partial charge in [0.05, 0.1) is 0 Å². The summed E-state index contributed by atoms with van der Waals surface area (Å²) in [5.74, 6) is 0. The highest BCUT2D eigenvalue weighted by Gasteiger charge is 2.55. The second-order valence-electron chi connectivity index (χ2n) is 4.08. The van der Waals surface area contributed by atoms with Crippen molar-refractivity contribution >= 4 is 0 Å². The van der Waals surface area contributed by atoms with Gasteiger partial charge in [0.25, 0.3) is 0 Å². The number of rotatable bonds is 3. The molecule has 0 aromatic rings. The maximum absolute atomic E-state index is 5.54. The van der Waals surface area contributed by atoms with Gasteiger partial charge in [-0.1, -0.05) is 13.8 Å². The van der Waals surface area contributed by atoms with Crippen LogP contribution in [-0.4, -0.2) is 16.3 Å². The van der Waals surface area contributed by atoms with E-state index in [1.54, 1.807) is 0 Å². The van der Waals surface area contributed by atoms with Crippen molar-refractivity contribution in [3.63, 3.8) is 0 Å². The van der Waals surface area contributed by atoms with Crippen molar-refractivity contribution in [2.75, 3.05) is 0 Å².